The summed E-state index contributed by atoms with van der Waals surface area (Å²) in [6.45, 7) is 0. The highest BCUT2D eigenvalue weighted by atomic mass is 16.2. The van der Waals surface area contributed by atoms with Crippen molar-refractivity contribution in [3.8, 4) is 0 Å². The Morgan fingerprint density at radius 3 is 2.45 bits per heavy atom. The molecule has 11 heavy (non-hydrogen) atoms. The van der Waals surface area contributed by atoms with Gasteiger partial charge in [0.1, 0.15) is 0 Å². The van der Waals surface area contributed by atoms with Gasteiger partial charge in [0.15, 0.2) is 5.78 Å². The summed E-state index contributed by atoms with van der Waals surface area (Å²) in [4.78, 5) is 11.0. The van der Waals surface area contributed by atoms with Gasteiger partial charge in [-0.05, 0) is 0 Å². The van der Waals surface area contributed by atoms with Crippen molar-refractivity contribution in [3.63, 3.8) is 0 Å². The van der Waals surface area contributed by atoms with Crippen molar-refractivity contribution in [1.82, 2.24) is 0 Å². The molecule has 0 spiro atoms. The van der Waals surface area contributed by atoms with Crippen LogP contribution in [0.25, 0.3) is 0 Å². The molecule has 0 unspecified atom stereocenters. The number of hydrogen-bond donors (Lipinski definition) is 1. The number of benzene rings is 1. The standard InChI is InChI=1S/C9H8O2/c10-7-6-9(11)8-4-2-1-3-5-8/h1-7,10H/b7-6-. The summed E-state index contributed by atoms with van der Waals surface area (Å²) in [6, 6.07) is 8.78. The van der Waals surface area contributed by atoms with Crippen LogP contribution in [-0.2, 0) is 0 Å². The third-order valence-electron chi connectivity index (χ3n) is 1.28. The summed E-state index contributed by atoms with van der Waals surface area (Å²) < 4.78 is 0. The number of rotatable bonds is 2. The molecule has 0 aromatic heterocycles. The first-order chi connectivity index (χ1) is 5.34. The van der Waals surface area contributed by atoms with E-state index in [1.54, 1.807) is 24.3 Å². The molecule has 0 saturated carbocycles. The van der Waals surface area contributed by atoms with Crippen molar-refractivity contribution in [3.05, 3.63) is 48.2 Å². The first-order valence-corrected chi connectivity index (χ1v) is 3.25. The third-order valence-corrected chi connectivity index (χ3v) is 1.28. The van der Waals surface area contributed by atoms with Crippen LogP contribution < -0.4 is 0 Å². The van der Waals surface area contributed by atoms with Crippen LogP contribution in [0.2, 0.25) is 0 Å². The van der Waals surface area contributed by atoms with Crippen molar-refractivity contribution < 1.29 is 9.90 Å². The highest BCUT2D eigenvalue weighted by Gasteiger charge is 1.97. The number of carbonyl (C=O) groups excluding carboxylic acids is 1. The van der Waals surface area contributed by atoms with Gasteiger partial charge < -0.3 is 5.11 Å². The molecule has 1 aromatic carbocycles. The van der Waals surface area contributed by atoms with E-state index in [1.165, 1.54) is 0 Å². The van der Waals surface area contributed by atoms with Crippen LogP contribution in [0.3, 0.4) is 0 Å². The highest BCUT2D eigenvalue weighted by Crippen LogP contribution is 1.99. The number of aliphatic hydroxyl groups is 1. The first kappa shape index (κ1) is 7.54. The molecule has 0 aliphatic heterocycles. The largest absolute Gasteiger partial charge is 0.515 e. The molecule has 1 rings (SSSR count). The molecule has 1 N–H and O–H groups in total. The number of ketones is 1. The van der Waals surface area contributed by atoms with Gasteiger partial charge in [-0.15, -0.1) is 0 Å². The van der Waals surface area contributed by atoms with Crippen LogP contribution in [0, 0.1) is 0 Å². The zero-order chi connectivity index (χ0) is 8.10. The number of hydrogen-bond acceptors (Lipinski definition) is 2. The van der Waals surface area contributed by atoms with Gasteiger partial charge in [-0.1, -0.05) is 30.3 Å². The summed E-state index contributed by atoms with van der Waals surface area (Å²) in [6.07, 6.45) is 1.87. The third kappa shape index (κ3) is 1.93. The fraction of sp³-hybridized carbons (Fsp3) is 0. The van der Waals surface area contributed by atoms with Gasteiger partial charge in [0.25, 0.3) is 0 Å². The van der Waals surface area contributed by atoms with Crippen LogP contribution in [0.5, 0.6) is 0 Å². The monoisotopic (exact) mass is 148 g/mol. The van der Waals surface area contributed by atoms with Gasteiger partial charge in [0, 0.05) is 11.6 Å². The molecule has 0 aliphatic carbocycles. The van der Waals surface area contributed by atoms with Crippen molar-refractivity contribution >= 4 is 5.78 Å². The van der Waals surface area contributed by atoms with Crippen molar-refractivity contribution in [2.75, 3.05) is 0 Å². The van der Waals surface area contributed by atoms with Gasteiger partial charge in [0.05, 0.1) is 6.26 Å². The van der Waals surface area contributed by atoms with E-state index < -0.39 is 0 Å². The zero-order valence-electron chi connectivity index (χ0n) is 5.90. The van der Waals surface area contributed by atoms with E-state index in [-0.39, 0.29) is 5.78 Å². The lowest BCUT2D eigenvalue weighted by atomic mass is 10.1. The lowest BCUT2D eigenvalue weighted by Crippen LogP contribution is -1.92. The molecular weight excluding hydrogens is 140 g/mol. The van der Waals surface area contributed by atoms with Gasteiger partial charge in [-0.3, -0.25) is 4.79 Å². The van der Waals surface area contributed by atoms with E-state index in [4.69, 9.17) is 5.11 Å². The second-order valence-corrected chi connectivity index (χ2v) is 2.05. The summed E-state index contributed by atoms with van der Waals surface area (Å²) in [7, 11) is 0. The van der Waals surface area contributed by atoms with Gasteiger partial charge >= 0.3 is 0 Å². The van der Waals surface area contributed by atoms with E-state index in [1.807, 2.05) is 6.07 Å². The molecule has 0 aliphatic rings. The molecular formula is C9H8O2. The number of aliphatic hydroxyl groups excluding tert-OH is 1. The average molecular weight is 148 g/mol. The minimum absolute atomic E-state index is 0.187. The van der Waals surface area contributed by atoms with Gasteiger partial charge in [0.2, 0.25) is 0 Å². The van der Waals surface area contributed by atoms with Crippen molar-refractivity contribution in [2.45, 2.75) is 0 Å². The summed E-state index contributed by atoms with van der Waals surface area (Å²) in [5.41, 5.74) is 0.581. The van der Waals surface area contributed by atoms with Crippen molar-refractivity contribution in [2.24, 2.45) is 0 Å². The van der Waals surface area contributed by atoms with Crippen LogP contribution in [0.4, 0.5) is 0 Å². The lowest BCUT2D eigenvalue weighted by Gasteiger charge is -1.91. The van der Waals surface area contributed by atoms with Crippen molar-refractivity contribution in [1.29, 1.82) is 0 Å². The Balaban J connectivity index is 2.86. The summed E-state index contributed by atoms with van der Waals surface area (Å²) in [5.74, 6) is -0.187. The van der Waals surface area contributed by atoms with Crippen LogP contribution >= 0.6 is 0 Å². The quantitative estimate of drug-likeness (QED) is 0.395. The molecule has 0 heterocycles. The molecule has 56 valence electrons. The SMILES string of the molecule is O=C(/C=C\O)c1ccccc1. The summed E-state index contributed by atoms with van der Waals surface area (Å²) in [5, 5.41) is 8.30. The Hall–Kier alpha value is -1.57. The minimum atomic E-state index is -0.187. The molecule has 0 atom stereocenters. The second kappa shape index (κ2) is 3.56. The Morgan fingerprint density at radius 1 is 1.27 bits per heavy atom. The normalized spacial score (nSPS) is 10.2. The summed E-state index contributed by atoms with van der Waals surface area (Å²) >= 11 is 0. The molecule has 0 amide bonds. The second-order valence-electron chi connectivity index (χ2n) is 2.05. The van der Waals surface area contributed by atoms with E-state index in [0.29, 0.717) is 5.56 Å². The molecule has 0 saturated heterocycles. The van der Waals surface area contributed by atoms with E-state index >= 15 is 0 Å². The fourth-order valence-electron chi connectivity index (χ4n) is 0.766. The Kier molecular flexibility index (Phi) is 2.44. The number of allylic oxidation sites excluding steroid dienone is 1. The minimum Gasteiger partial charge on any atom is -0.515 e. The first-order valence-electron chi connectivity index (χ1n) is 3.25. The van der Waals surface area contributed by atoms with E-state index in [0.717, 1.165) is 12.3 Å². The Morgan fingerprint density at radius 2 is 1.91 bits per heavy atom. The molecule has 0 radical (unpaired) electrons. The maximum atomic E-state index is 11.0. The molecule has 2 nitrogen and oxygen atoms in total. The highest BCUT2D eigenvalue weighted by molar-refractivity contribution is 6.04. The fourth-order valence-corrected chi connectivity index (χ4v) is 0.766. The van der Waals surface area contributed by atoms with Gasteiger partial charge in [-0.2, -0.15) is 0 Å². The Bertz CT molecular complexity index is 262. The van der Waals surface area contributed by atoms with E-state index in [9.17, 15) is 4.79 Å². The van der Waals surface area contributed by atoms with Crippen LogP contribution in [0.15, 0.2) is 42.7 Å². The molecule has 0 fully saturated rings. The predicted octanol–water partition coefficient (Wildman–Crippen LogP) is 1.94. The molecule has 1 aromatic rings. The topological polar surface area (TPSA) is 37.3 Å². The average Bonchev–Trinajstić information content (AvgIpc) is 2.07. The zero-order valence-corrected chi connectivity index (χ0v) is 5.90. The van der Waals surface area contributed by atoms with Gasteiger partial charge in [-0.25, -0.2) is 0 Å². The van der Waals surface area contributed by atoms with Crippen LogP contribution in [-0.4, -0.2) is 10.9 Å². The maximum absolute atomic E-state index is 11.0. The Labute approximate surface area is 64.8 Å². The molecule has 2 heteroatoms. The molecule has 0 bridgehead atoms. The lowest BCUT2D eigenvalue weighted by molar-refractivity contribution is 0.104. The maximum Gasteiger partial charge on any atom is 0.188 e. The smallest absolute Gasteiger partial charge is 0.188 e. The number of carbonyl (C=O) groups is 1. The predicted molar refractivity (Wildman–Crippen MR) is 42.5 cm³/mol. The van der Waals surface area contributed by atoms with E-state index in [2.05, 4.69) is 0 Å². The van der Waals surface area contributed by atoms with Crippen LogP contribution in [0.1, 0.15) is 10.4 Å².